The minimum Gasteiger partial charge on any atom is -0.594 e. The first-order valence-corrected chi connectivity index (χ1v) is 7.44. The highest BCUT2D eigenvalue weighted by Crippen LogP contribution is 2.22. The number of anilines is 1. The molecular weight excluding hydrogens is 292 g/mol. The molecule has 21 heavy (non-hydrogen) atoms. The minimum absolute atomic E-state index is 0.000767. The predicted octanol–water partition coefficient (Wildman–Crippen LogP) is 0.678. The van der Waals surface area contributed by atoms with Crippen molar-refractivity contribution >= 4 is 26.8 Å². The SMILES string of the molecule is Nc1nc2ccc(S(=O)(=O)c3ccccc3)cc2[n+]([O-])n1. The second kappa shape index (κ2) is 4.67. The van der Waals surface area contributed by atoms with E-state index in [1.807, 2.05) is 0 Å². The molecule has 7 nitrogen and oxygen atoms in total. The first kappa shape index (κ1) is 13.3. The van der Waals surface area contributed by atoms with E-state index < -0.39 is 9.84 Å². The highest BCUT2D eigenvalue weighted by atomic mass is 32.2. The summed E-state index contributed by atoms with van der Waals surface area (Å²) < 4.78 is 25.0. The summed E-state index contributed by atoms with van der Waals surface area (Å²) >= 11 is 0. The molecule has 3 aromatic rings. The van der Waals surface area contributed by atoms with Crippen LogP contribution in [0.25, 0.3) is 11.0 Å². The summed E-state index contributed by atoms with van der Waals surface area (Å²) in [6.45, 7) is 0. The molecule has 0 bridgehead atoms. The maximum Gasteiger partial charge on any atom is 0.288 e. The molecule has 0 amide bonds. The Bertz CT molecular complexity index is 927. The van der Waals surface area contributed by atoms with Gasteiger partial charge in [0.25, 0.3) is 11.5 Å². The molecule has 106 valence electrons. The summed E-state index contributed by atoms with van der Waals surface area (Å²) in [4.78, 5) is 4.30. The zero-order valence-electron chi connectivity index (χ0n) is 10.7. The molecular formula is C13H10N4O3S. The van der Waals surface area contributed by atoms with Gasteiger partial charge in [0.05, 0.1) is 14.9 Å². The molecule has 8 heteroatoms. The van der Waals surface area contributed by atoms with Gasteiger partial charge >= 0.3 is 0 Å². The molecule has 1 heterocycles. The number of benzene rings is 2. The average Bonchev–Trinajstić information content (AvgIpc) is 2.47. The van der Waals surface area contributed by atoms with Crippen LogP contribution >= 0.6 is 0 Å². The Morgan fingerprint density at radius 2 is 1.76 bits per heavy atom. The van der Waals surface area contributed by atoms with Gasteiger partial charge in [-0.25, -0.2) is 13.4 Å². The number of nitrogen functional groups attached to an aromatic ring is 1. The lowest BCUT2D eigenvalue weighted by Gasteiger charge is -2.05. The standard InChI is InChI=1S/C13H10N4O3S/c14-13-15-11-7-6-10(8-12(11)17(18)16-13)21(19,20)9-4-2-1-3-5-9/h1-8H,(H2,14,15,16). The van der Waals surface area contributed by atoms with Gasteiger partial charge in [0.1, 0.15) is 5.52 Å². The van der Waals surface area contributed by atoms with E-state index in [0.717, 1.165) is 0 Å². The van der Waals surface area contributed by atoms with Crippen LogP contribution in [-0.4, -0.2) is 18.5 Å². The first-order valence-electron chi connectivity index (χ1n) is 5.96. The van der Waals surface area contributed by atoms with E-state index in [9.17, 15) is 13.6 Å². The van der Waals surface area contributed by atoms with Crippen molar-refractivity contribution in [1.82, 2.24) is 10.1 Å². The third-order valence-corrected chi connectivity index (χ3v) is 4.71. The van der Waals surface area contributed by atoms with Crippen LogP contribution in [0.2, 0.25) is 0 Å². The number of nitrogens with zero attached hydrogens (tertiary/aromatic N) is 3. The molecule has 0 aliphatic heterocycles. The van der Waals surface area contributed by atoms with Gasteiger partial charge in [-0.1, -0.05) is 18.2 Å². The van der Waals surface area contributed by atoms with Crippen LogP contribution in [0, 0.1) is 5.21 Å². The lowest BCUT2D eigenvalue weighted by molar-refractivity contribution is -0.641. The van der Waals surface area contributed by atoms with Crippen molar-refractivity contribution in [2.24, 2.45) is 0 Å². The molecule has 0 aliphatic carbocycles. The molecule has 0 saturated heterocycles. The Balaban J connectivity index is 2.22. The third-order valence-electron chi connectivity index (χ3n) is 2.95. The van der Waals surface area contributed by atoms with E-state index in [1.54, 1.807) is 18.2 Å². The van der Waals surface area contributed by atoms with Crippen LogP contribution in [0.5, 0.6) is 0 Å². The summed E-state index contributed by atoms with van der Waals surface area (Å²) in [7, 11) is -3.70. The van der Waals surface area contributed by atoms with Crippen LogP contribution in [0.15, 0.2) is 58.3 Å². The highest BCUT2D eigenvalue weighted by molar-refractivity contribution is 7.91. The van der Waals surface area contributed by atoms with Gasteiger partial charge in [0.15, 0.2) is 0 Å². The molecule has 0 fully saturated rings. The fourth-order valence-corrected chi connectivity index (χ4v) is 3.25. The molecule has 1 aromatic heterocycles. The van der Waals surface area contributed by atoms with Crippen LogP contribution in [0.4, 0.5) is 5.95 Å². The predicted molar refractivity (Wildman–Crippen MR) is 74.8 cm³/mol. The number of nitrogens with two attached hydrogens (primary N) is 1. The maximum absolute atomic E-state index is 12.5. The van der Waals surface area contributed by atoms with Crippen LogP contribution in [0.1, 0.15) is 0 Å². The smallest absolute Gasteiger partial charge is 0.288 e. The van der Waals surface area contributed by atoms with Crippen molar-refractivity contribution in [2.75, 3.05) is 5.73 Å². The van der Waals surface area contributed by atoms with Gasteiger partial charge in [0, 0.05) is 6.07 Å². The normalized spacial score (nSPS) is 11.6. The second-order valence-electron chi connectivity index (χ2n) is 4.31. The molecule has 0 unspecified atom stereocenters. The largest absolute Gasteiger partial charge is 0.594 e. The van der Waals surface area contributed by atoms with Crippen molar-refractivity contribution in [3.63, 3.8) is 0 Å². The van der Waals surface area contributed by atoms with E-state index in [0.29, 0.717) is 0 Å². The summed E-state index contributed by atoms with van der Waals surface area (Å²) in [5, 5.41) is 15.1. The number of hydrogen-bond acceptors (Lipinski definition) is 6. The molecule has 3 rings (SSSR count). The van der Waals surface area contributed by atoms with Crippen molar-refractivity contribution in [3.8, 4) is 0 Å². The average molecular weight is 302 g/mol. The minimum atomic E-state index is -3.70. The second-order valence-corrected chi connectivity index (χ2v) is 6.26. The van der Waals surface area contributed by atoms with Crippen LogP contribution in [-0.2, 0) is 9.84 Å². The van der Waals surface area contributed by atoms with Crippen molar-refractivity contribution in [3.05, 3.63) is 53.7 Å². The van der Waals surface area contributed by atoms with Gasteiger partial charge in [-0.2, -0.15) is 0 Å². The summed E-state index contributed by atoms with van der Waals surface area (Å²) in [6.07, 6.45) is 0. The molecule has 0 saturated carbocycles. The van der Waals surface area contributed by atoms with E-state index in [1.165, 1.54) is 30.3 Å². The Morgan fingerprint density at radius 1 is 1.05 bits per heavy atom. The fourth-order valence-electron chi connectivity index (χ4n) is 1.95. The topological polar surface area (TPSA) is 113 Å². The van der Waals surface area contributed by atoms with E-state index in [-0.39, 0.29) is 31.6 Å². The molecule has 0 spiro atoms. The zero-order chi connectivity index (χ0) is 15.0. The summed E-state index contributed by atoms with van der Waals surface area (Å²) in [6, 6.07) is 12.0. The van der Waals surface area contributed by atoms with Gasteiger partial charge in [-0.05, 0) is 29.1 Å². The van der Waals surface area contributed by atoms with Crippen molar-refractivity contribution in [1.29, 1.82) is 0 Å². The van der Waals surface area contributed by atoms with Gasteiger partial charge < -0.3 is 10.9 Å². The first-order chi connectivity index (χ1) is 9.98. The van der Waals surface area contributed by atoms with Crippen LogP contribution in [0.3, 0.4) is 0 Å². The monoisotopic (exact) mass is 302 g/mol. The van der Waals surface area contributed by atoms with E-state index in [4.69, 9.17) is 5.73 Å². The summed E-state index contributed by atoms with van der Waals surface area (Å²) in [5.41, 5.74) is 5.70. The van der Waals surface area contributed by atoms with Crippen molar-refractivity contribution < 1.29 is 13.3 Å². The Kier molecular flexibility index (Phi) is 2.95. The Labute approximate surface area is 120 Å². The van der Waals surface area contributed by atoms with Gasteiger partial charge in [-0.3, -0.25) is 0 Å². The number of sulfone groups is 1. The van der Waals surface area contributed by atoms with Crippen molar-refractivity contribution in [2.45, 2.75) is 9.79 Å². The highest BCUT2D eigenvalue weighted by Gasteiger charge is 2.20. The van der Waals surface area contributed by atoms with Crippen LogP contribution < -0.4 is 10.6 Å². The number of rotatable bonds is 2. The molecule has 0 atom stereocenters. The Morgan fingerprint density at radius 3 is 2.48 bits per heavy atom. The van der Waals surface area contributed by atoms with E-state index >= 15 is 0 Å². The molecule has 0 radical (unpaired) electrons. The quantitative estimate of drug-likeness (QED) is 0.550. The van der Waals surface area contributed by atoms with E-state index in [2.05, 4.69) is 10.1 Å². The van der Waals surface area contributed by atoms with Gasteiger partial charge in [0.2, 0.25) is 9.84 Å². The lowest BCUT2D eigenvalue weighted by Crippen LogP contribution is -2.33. The number of aromatic nitrogens is 3. The molecule has 2 N–H and O–H groups in total. The zero-order valence-corrected chi connectivity index (χ0v) is 11.5. The maximum atomic E-state index is 12.5. The summed E-state index contributed by atoms with van der Waals surface area (Å²) in [5.74, 6) is -0.170. The fraction of sp³-hybridized carbons (Fsp3) is 0. The van der Waals surface area contributed by atoms with Gasteiger partial charge in [-0.15, -0.1) is 0 Å². The Hall–Kier alpha value is -2.74. The third kappa shape index (κ3) is 2.25. The lowest BCUT2D eigenvalue weighted by atomic mass is 10.3. The number of hydrogen-bond donors (Lipinski definition) is 1. The molecule has 0 aliphatic rings. The molecule has 2 aromatic carbocycles. The number of fused-ring (bicyclic) bond motifs is 1.